The predicted octanol–water partition coefficient (Wildman–Crippen LogP) is 5.27. The van der Waals surface area contributed by atoms with Gasteiger partial charge in [0, 0.05) is 11.8 Å². The number of aliphatic hydroxyl groups excluding tert-OH is 1. The van der Waals surface area contributed by atoms with Gasteiger partial charge in [-0.2, -0.15) is 13.2 Å². The third kappa shape index (κ3) is 6.28. The van der Waals surface area contributed by atoms with Crippen LogP contribution in [0.3, 0.4) is 0 Å². The van der Waals surface area contributed by atoms with Crippen molar-refractivity contribution >= 4 is 38.9 Å². The maximum absolute atomic E-state index is 13.5. The van der Waals surface area contributed by atoms with Gasteiger partial charge in [0.2, 0.25) is 5.91 Å². The first kappa shape index (κ1) is 27.3. The Morgan fingerprint density at radius 1 is 1.08 bits per heavy atom. The molecule has 0 aromatic heterocycles. The number of aliphatic hydroxyl groups is 1. The van der Waals surface area contributed by atoms with Crippen LogP contribution < -0.4 is 14.8 Å². The highest BCUT2D eigenvalue weighted by molar-refractivity contribution is 7.92. The molecule has 7 nitrogen and oxygen atoms in total. The zero-order valence-electron chi connectivity index (χ0n) is 18.8. The smallest absolute Gasteiger partial charge is 0.419 e. The Hall–Kier alpha value is -3.28. The van der Waals surface area contributed by atoms with Crippen molar-refractivity contribution in [2.75, 3.05) is 23.3 Å². The van der Waals surface area contributed by atoms with Crippen molar-refractivity contribution in [3.63, 3.8) is 0 Å². The number of sulfonamides is 1. The molecule has 0 heterocycles. The third-order valence-corrected chi connectivity index (χ3v) is 6.76. The molecule has 3 rings (SSSR count). The maximum atomic E-state index is 13.5. The van der Waals surface area contributed by atoms with E-state index in [1.807, 2.05) is 4.72 Å². The van der Waals surface area contributed by atoms with E-state index in [1.165, 1.54) is 18.2 Å². The van der Waals surface area contributed by atoms with Crippen molar-refractivity contribution in [2.24, 2.45) is 0 Å². The van der Waals surface area contributed by atoms with Crippen molar-refractivity contribution < 1.29 is 36.2 Å². The van der Waals surface area contributed by atoms with Crippen LogP contribution in [0.15, 0.2) is 71.6 Å². The number of rotatable bonds is 9. The molecular formula is C24H22ClF3N2O5S. The fourth-order valence-corrected chi connectivity index (χ4v) is 4.91. The zero-order chi connectivity index (χ0) is 26.5. The second-order valence-corrected chi connectivity index (χ2v) is 9.55. The molecule has 0 aliphatic rings. The average Bonchev–Trinajstić information content (AvgIpc) is 2.79. The van der Waals surface area contributed by atoms with E-state index in [1.54, 1.807) is 37.3 Å². The molecule has 0 fully saturated rings. The van der Waals surface area contributed by atoms with E-state index in [-0.39, 0.29) is 18.0 Å². The lowest BCUT2D eigenvalue weighted by Crippen LogP contribution is -2.24. The molecule has 192 valence electrons. The van der Waals surface area contributed by atoms with Gasteiger partial charge in [-0.25, -0.2) is 8.42 Å². The SMILES string of the molecule is CCOc1cc(NC(=O)[C@@H](CO)c2ccccc2)ccc1S(=O)(=O)Nc1cccc(Cl)c1C(F)(F)F. The van der Waals surface area contributed by atoms with Crippen molar-refractivity contribution in [3.8, 4) is 5.75 Å². The van der Waals surface area contributed by atoms with Crippen LogP contribution in [-0.2, 0) is 21.0 Å². The van der Waals surface area contributed by atoms with Gasteiger partial charge in [-0.1, -0.05) is 48.0 Å². The van der Waals surface area contributed by atoms with Crippen LogP contribution >= 0.6 is 11.6 Å². The number of hydrogen-bond acceptors (Lipinski definition) is 5. The number of hydrogen-bond donors (Lipinski definition) is 3. The van der Waals surface area contributed by atoms with E-state index in [0.29, 0.717) is 5.56 Å². The van der Waals surface area contributed by atoms with Crippen LogP contribution in [0.1, 0.15) is 24.0 Å². The number of amides is 1. The fourth-order valence-electron chi connectivity index (χ4n) is 3.43. The number of nitrogens with one attached hydrogen (secondary N) is 2. The summed E-state index contributed by atoms with van der Waals surface area (Å²) in [5.41, 5.74) is -1.33. The van der Waals surface area contributed by atoms with Crippen LogP contribution in [0.2, 0.25) is 5.02 Å². The van der Waals surface area contributed by atoms with Gasteiger partial charge in [0.15, 0.2) is 0 Å². The number of carbonyl (C=O) groups is 1. The third-order valence-electron chi connectivity index (χ3n) is 5.04. The number of benzene rings is 3. The van der Waals surface area contributed by atoms with Crippen LogP contribution in [0, 0.1) is 0 Å². The van der Waals surface area contributed by atoms with Crippen molar-refractivity contribution in [2.45, 2.75) is 23.9 Å². The number of anilines is 2. The molecule has 12 heteroatoms. The molecule has 36 heavy (non-hydrogen) atoms. The molecule has 0 saturated carbocycles. The fraction of sp³-hybridized carbons (Fsp3) is 0.208. The van der Waals surface area contributed by atoms with E-state index in [0.717, 1.165) is 18.2 Å². The molecule has 1 atom stereocenters. The minimum Gasteiger partial charge on any atom is -0.492 e. The quantitative estimate of drug-likeness (QED) is 0.341. The lowest BCUT2D eigenvalue weighted by Gasteiger charge is -2.18. The number of halogens is 4. The summed E-state index contributed by atoms with van der Waals surface area (Å²) in [7, 11) is -4.56. The maximum Gasteiger partial charge on any atom is 0.419 e. The summed E-state index contributed by atoms with van der Waals surface area (Å²) in [4.78, 5) is 12.3. The van der Waals surface area contributed by atoms with E-state index in [9.17, 15) is 31.5 Å². The average molecular weight is 543 g/mol. The summed E-state index contributed by atoms with van der Waals surface area (Å²) in [5, 5.41) is 11.6. The second-order valence-electron chi connectivity index (χ2n) is 7.50. The highest BCUT2D eigenvalue weighted by Gasteiger charge is 2.37. The molecule has 0 saturated heterocycles. The molecule has 1 amide bonds. The van der Waals surface area contributed by atoms with Gasteiger partial charge in [-0.3, -0.25) is 9.52 Å². The topological polar surface area (TPSA) is 105 Å². The Bertz CT molecular complexity index is 1340. The summed E-state index contributed by atoms with van der Waals surface area (Å²) in [6.07, 6.45) is -4.91. The minimum atomic E-state index is -4.91. The lowest BCUT2D eigenvalue weighted by molar-refractivity contribution is -0.136. The molecular weight excluding hydrogens is 521 g/mol. The lowest BCUT2D eigenvalue weighted by atomic mass is 9.99. The van der Waals surface area contributed by atoms with Gasteiger partial charge in [0.05, 0.1) is 35.4 Å². The summed E-state index contributed by atoms with van der Waals surface area (Å²) < 4.78 is 73.8. The highest BCUT2D eigenvalue weighted by atomic mass is 35.5. The second kappa shape index (κ2) is 11.2. The predicted molar refractivity (Wildman–Crippen MR) is 130 cm³/mol. The van der Waals surface area contributed by atoms with Crippen molar-refractivity contribution in [1.82, 2.24) is 0 Å². The van der Waals surface area contributed by atoms with E-state index >= 15 is 0 Å². The molecule has 0 unspecified atom stereocenters. The number of alkyl halides is 3. The first-order chi connectivity index (χ1) is 17.0. The highest BCUT2D eigenvalue weighted by Crippen LogP contribution is 2.41. The molecule has 0 aliphatic carbocycles. The Balaban J connectivity index is 1.93. The molecule has 3 aromatic carbocycles. The van der Waals surface area contributed by atoms with Crippen LogP contribution in [0.25, 0.3) is 0 Å². The van der Waals surface area contributed by atoms with Gasteiger partial charge in [-0.05, 0) is 36.8 Å². The summed E-state index contributed by atoms with van der Waals surface area (Å²) in [6, 6.07) is 15.3. The van der Waals surface area contributed by atoms with E-state index < -0.39 is 55.8 Å². The first-order valence-electron chi connectivity index (χ1n) is 10.6. The van der Waals surface area contributed by atoms with Gasteiger partial charge < -0.3 is 15.2 Å². The van der Waals surface area contributed by atoms with Gasteiger partial charge in [-0.15, -0.1) is 0 Å². The molecule has 0 bridgehead atoms. The summed E-state index contributed by atoms with van der Waals surface area (Å²) in [5.74, 6) is -1.62. The van der Waals surface area contributed by atoms with Gasteiger partial charge in [0.1, 0.15) is 10.6 Å². The molecule has 0 aliphatic heterocycles. The van der Waals surface area contributed by atoms with Crippen LogP contribution in [-0.4, -0.2) is 32.6 Å². The zero-order valence-corrected chi connectivity index (χ0v) is 20.4. The standard InChI is InChI=1S/C24H22ClF3N2O5S/c1-2-35-20-13-16(29-23(32)17(14-31)15-7-4-3-5-8-15)11-12-21(20)36(33,34)30-19-10-6-9-18(25)22(19)24(26,27)28/h3-13,17,30-31H,2,14H2,1H3,(H,29,32)/t17-/m0/s1. The molecule has 3 aromatic rings. The Morgan fingerprint density at radius 3 is 2.39 bits per heavy atom. The first-order valence-corrected chi connectivity index (χ1v) is 12.5. The molecule has 3 N–H and O–H groups in total. The number of ether oxygens (including phenoxy) is 1. The van der Waals surface area contributed by atoms with Crippen molar-refractivity contribution in [3.05, 3.63) is 82.9 Å². The monoisotopic (exact) mass is 542 g/mol. The largest absolute Gasteiger partial charge is 0.492 e. The van der Waals surface area contributed by atoms with Crippen molar-refractivity contribution in [1.29, 1.82) is 0 Å². The van der Waals surface area contributed by atoms with Gasteiger partial charge in [0.25, 0.3) is 10.0 Å². The Labute approximate surface area is 210 Å². The van der Waals surface area contributed by atoms with Crippen LogP contribution in [0.5, 0.6) is 5.75 Å². The van der Waals surface area contributed by atoms with E-state index in [4.69, 9.17) is 16.3 Å². The molecule has 0 spiro atoms. The molecule has 0 radical (unpaired) electrons. The summed E-state index contributed by atoms with van der Waals surface area (Å²) in [6.45, 7) is 1.16. The van der Waals surface area contributed by atoms with E-state index in [2.05, 4.69) is 5.32 Å². The normalized spacial score (nSPS) is 12.6. The summed E-state index contributed by atoms with van der Waals surface area (Å²) >= 11 is 5.68. The number of carbonyl (C=O) groups excluding carboxylic acids is 1. The Kier molecular flexibility index (Phi) is 8.49. The Morgan fingerprint density at radius 2 is 1.78 bits per heavy atom. The van der Waals surface area contributed by atoms with Crippen LogP contribution in [0.4, 0.5) is 24.5 Å². The van der Waals surface area contributed by atoms with Gasteiger partial charge >= 0.3 is 6.18 Å². The minimum absolute atomic E-state index is 0.0359.